The van der Waals surface area contributed by atoms with E-state index in [4.69, 9.17) is 0 Å². The standard InChI is InChI=1S/C32H48/c1-4-6-7-8-9-10-11-12-27-13-17-29(18-14-27)31-21-23-32(24-22-31)30-19-15-28(16-20-30)25-26(3)5-2/h13-14,17-18,21-24,26,28,30H,4-12,15-16,19-20,25H2,1-3H3. The van der Waals surface area contributed by atoms with E-state index in [0.717, 1.165) is 17.8 Å². The van der Waals surface area contributed by atoms with E-state index in [1.54, 1.807) is 5.56 Å². The molecule has 0 radical (unpaired) electrons. The van der Waals surface area contributed by atoms with Crippen molar-refractivity contribution in [3.05, 3.63) is 59.7 Å². The fourth-order valence-corrected chi connectivity index (χ4v) is 5.57. The second-order valence-electron chi connectivity index (χ2n) is 10.7. The van der Waals surface area contributed by atoms with Gasteiger partial charge < -0.3 is 0 Å². The maximum absolute atomic E-state index is 2.42. The molecule has 0 N–H and O–H groups in total. The highest BCUT2D eigenvalue weighted by Crippen LogP contribution is 2.39. The van der Waals surface area contributed by atoms with E-state index < -0.39 is 0 Å². The molecule has 0 spiro atoms. The van der Waals surface area contributed by atoms with Crippen LogP contribution in [0.25, 0.3) is 11.1 Å². The fourth-order valence-electron chi connectivity index (χ4n) is 5.57. The van der Waals surface area contributed by atoms with Crippen LogP contribution in [-0.4, -0.2) is 0 Å². The van der Waals surface area contributed by atoms with Gasteiger partial charge in [-0.15, -0.1) is 0 Å². The summed E-state index contributed by atoms with van der Waals surface area (Å²) in [5.74, 6) is 2.65. The van der Waals surface area contributed by atoms with Crippen LogP contribution in [0, 0.1) is 11.8 Å². The summed E-state index contributed by atoms with van der Waals surface area (Å²) in [5, 5.41) is 0. The van der Waals surface area contributed by atoms with Gasteiger partial charge in [0.1, 0.15) is 0 Å². The van der Waals surface area contributed by atoms with Gasteiger partial charge in [0.15, 0.2) is 0 Å². The first-order valence-electron chi connectivity index (χ1n) is 13.9. The van der Waals surface area contributed by atoms with Crippen molar-refractivity contribution in [2.45, 2.75) is 117 Å². The third-order valence-electron chi connectivity index (χ3n) is 8.02. The zero-order valence-electron chi connectivity index (χ0n) is 21.3. The summed E-state index contributed by atoms with van der Waals surface area (Å²) in [6.45, 7) is 7.05. The van der Waals surface area contributed by atoms with Crippen LogP contribution in [0.2, 0.25) is 0 Å². The minimum absolute atomic E-state index is 0.779. The topological polar surface area (TPSA) is 0 Å². The molecular weight excluding hydrogens is 384 g/mol. The molecule has 0 amide bonds. The van der Waals surface area contributed by atoms with E-state index in [2.05, 4.69) is 69.3 Å². The lowest BCUT2D eigenvalue weighted by molar-refractivity contribution is 0.273. The Bertz CT molecular complexity index is 731. The molecule has 1 fully saturated rings. The Morgan fingerprint density at radius 2 is 1.25 bits per heavy atom. The molecule has 1 atom stereocenters. The fraction of sp³-hybridized carbons (Fsp3) is 0.625. The number of benzene rings is 2. The maximum atomic E-state index is 2.42. The van der Waals surface area contributed by atoms with Gasteiger partial charge in [-0.3, -0.25) is 0 Å². The van der Waals surface area contributed by atoms with Crippen LogP contribution in [0.15, 0.2) is 48.5 Å². The smallest absolute Gasteiger partial charge is 0.0162 e. The van der Waals surface area contributed by atoms with Crippen molar-refractivity contribution in [3.63, 3.8) is 0 Å². The first-order chi connectivity index (χ1) is 15.7. The van der Waals surface area contributed by atoms with Gasteiger partial charge in [-0.1, -0.05) is 114 Å². The zero-order valence-corrected chi connectivity index (χ0v) is 21.3. The van der Waals surface area contributed by atoms with Crippen molar-refractivity contribution in [2.24, 2.45) is 11.8 Å². The highest BCUT2D eigenvalue weighted by atomic mass is 14.3. The summed E-state index contributed by atoms with van der Waals surface area (Å²) in [7, 11) is 0. The van der Waals surface area contributed by atoms with Crippen LogP contribution in [0.5, 0.6) is 0 Å². The van der Waals surface area contributed by atoms with Crippen molar-refractivity contribution in [2.75, 3.05) is 0 Å². The van der Waals surface area contributed by atoms with Gasteiger partial charge in [-0.25, -0.2) is 0 Å². The van der Waals surface area contributed by atoms with E-state index in [9.17, 15) is 0 Å². The average molecular weight is 433 g/mol. The molecule has 0 aromatic heterocycles. The third kappa shape index (κ3) is 8.09. The van der Waals surface area contributed by atoms with Crippen molar-refractivity contribution in [1.82, 2.24) is 0 Å². The van der Waals surface area contributed by atoms with E-state index in [1.165, 1.54) is 107 Å². The number of hydrogen-bond acceptors (Lipinski definition) is 0. The van der Waals surface area contributed by atoms with Gasteiger partial charge in [-0.2, -0.15) is 0 Å². The molecule has 32 heavy (non-hydrogen) atoms. The van der Waals surface area contributed by atoms with Gasteiger partial charge in [0.2, 0.25) is 0 Å². The number of rotatable bonds is 13. The Kier molecular flexibility index (Phi) is 10.9. The third-order valence-corrected chi connectivity index (χ3v) is 8.02. The summed E-state index contributed by atoms with van der Waals surface area (Å²) in [6.07, 6.45) is 19.3. The van der Waals surface area contributed by atoms with Crippen molar-refractivity contribution in [1.29, 1.82) is 0 Å². The molecule has 0 aliphatic heterocycles. The molecule has 1 aliphatic carbocycles. The molecule has 1 aliphatic rings. The van der Waals surface area contributed by atoms with Crippen molar-refractivity contribution in [3.8, 4) is 11.1 Å². The molecule has 0 bridgehead atoms. The summed E-state index contributed by atoms with van der Waals surface area (Å²) < 4.78 is 0. The second kappa shape index (κ2) is 13.9. The van der Waals surface area contributed by atoms with E-state index >= 15 is 0 Å². The molecule has 0 heteroatoms. The van der Waals surface area contributed by atoms with Crippen LogP contribution >= 0.6 is 0 Å². The summed E-state index contributed by atoms with van der Waals surface area (Å²) in [5.41, 5.74) is 5.78. The van der Waals surface area contributed by atoms with Crippen LogP contribution in [-0.2, 0) is 6.42 Å². The number of unbranched alkanes of at least 4 members (excludes halogenated alkanes) is 6. The van der Waals surface area contributed by atoms with Gasteiger partial charge >= 0.3 is 0 Å². The van der Waals surface area contributed by atoms with Crippen LogP contribution in [0.3, 0.4) is 0 Å². The highest BCUT2D eigenvalue weighted by molar-refractivity contribution is 5.64. The Hall–Kier alpha value is -1.56. The molecule has 2 aromatic carbocycles. The monoisotopic (exact) mass is 432 g/mol. The quantitative estimate of drug-likeness (QED) is 0.276. The van der Waals surface area contributed by atoms with E-state index in [0.29, 0.717) is 0 Å². The minimum atomic E-state index is 0.779. The zero-order chi connectivity index (χ0) is 22.6. The Morgan fingerprint density at radius 1 is 0.688 bits per heavy atom. The molecule has 176 valence electrons. The molecule has 0 heterocycles. The van der Waals surface area contributed by atoms with E-state index in [1.807, 2.05) is 0 Å². The van der Waals surface area contributed by atoms with Gasteiger partial charge in [-0.05, 0) is 85.0 Å². The molecule has 2 aromatic rings. The van der Waals surface area contributed by atoms with Gasteiger partial charge in [0.05, 0.1) is 0 Å². The first kappa shape index (κ1) is 25.1. The highest BCUT2D eigenvalue weighted by Gasteiger charge is 2.23. The van der Waals surface area contributed by atoms with Gasteiger partial charge in [0, 0.05) is 0 Å². The SMILES string of the molecule is CCCCCCCCCc1ccc(-c2ccc(C3CCC(CC(C)CC)CC3)cc2)cc1. The first-order valence-corrected chi connectivity index (χ1v) is 13.9. The molecule has 0 nitrogen and oxygen atoms in total. The van der Waals surface area contributed by atoms with E-state index in [-0.39, 0.29) is 0 Å². The molecule has 1 saturated carbocycles. The molecule has 3 rings (SSSR count). The van der Waals surface area contributed by atoms with Crippen LogP contribution in [0.1, 0.15) is 121 Å². The van der Waals surface area contributed by atoms with Gasteiger partial charge in [0.25, 0.3) is 0 Å². The maximum Gasteiger partial charge on any atom is -0.0162 e. The van der Waals surface area contributed by atoms with Crippen molar-refractivity contribution < 1.29 is 0 Å². The summed E-state index contributed by atoms with van der Waals surface area (Å²) in [4.78, 5) is 0. The lowest BCUT2D eigenvalue weighted by Crippen LogP contribution is -2.15. The minimum Gasteiger partial charge on any atom is -0.0654 e. The lowest BCUT2D eigenvalue weighted by Gasteiger charge is -2.30. The van der Waals surface area contributed by atoms with Crippen LogP contribution in [0.4, 0.5) is 0 Å². The van der Waals surface area contributed by atoms with Crippen LogP contribution < -0.4 is 0 Å². The summed E-state index contributed by atoms with van der Waals surface area (Å²) in [6, 6.07) is 18.9. The Balaban J connectivity index is 1.43. The normalized spacial score (nSPS) is 19.7. The predicted octanol–water partition coefficient (Wildman–Crippen LogP) is 10.4. The Labute approximate surface area is 199 Å². The second-order valence-corrected chi connectivity index (χ2v) is 10.7. The Morgan fingerprint density at radius 3 is 1.84 bits per heavy atom. The molecular formula is C32H48. The lowest BCUT2D eigenvalue weighted by atomic mass is 9.75. The number of aryl methyl sites for hydroxylation is 1. The molecule has 0 saturated heterocycles. The van der Waals surface area contributed by atoms with Crippen molar-refractivity contribution >= 4 is 0 Å². The average Bonchev–Trinajstić information content (AvgIpc) is 2.84. The molecule has 1 unspecified atom stereocenters. The largest absolute Gasteiger partial charge is 0.0654 e. The number of hydrogen-bond donors (Lipinski definition) is 0. The predicted molar refractivity (Wildman–Crippen MR) is 142 cm³/mol. The summed E-state index contributed by atoms with van der Waals surface area (Å²) >= 11 is 0.